The molecule has 1 heterocycles. The molecule has 0 saturated heterocycles. The molecule has 0 radical (unpaired) electrons. The lowest BCUT2D eigenvalue weighted by Crippen LogP contribution is -2.18. The molecular weight excluding hydrogens is 197 g/mol. The molecule has 14 heavy (non-hydrogen) atoms. The van der Waals surface area contributed by atoms with Crippen LogP contribution in [0.5, 0.6) is 0 Å². The van der Waals surface area contributed by atoms with Crippen molar-refractivity contribution in [1.29, 1.82) is 0 Å². The molecule has 0 amide bonds. The zero-order valence-electron chi connectivity index (χ0n) is 7.42. The smallest absolute Gasteiger partial charge is 0.351 e. The molecule has 0 unspecified atom stereocenters. The van der Waals surface area contributed by atoms with Gasteiger partial charge in [-0.05, 0) is 11.6 Å². The maximum Gasteiger partial charge on any atom is 0.411 e. The molecule has 0 aliphatic heterocycles. The molecule has 1 aromatic rings. The highest BCUT2D eigenvalue weighted by atomic mass is 19.4. The Labute approximate surface area is 79.3 Å². The van der Waals surface area contributed by atoms with Gasteiger partial charge < -0.3 is 15.0 Å². The zero-order chi connectivity index (χ0) is 10.6. The molecule has 0 bridgehead atoms. The van der Waals surface area contributed by atoms with E-state index in [1.165, 1.54) is 4.57 Å². The summed E-state index contributed by atoms with van der Waals surface area (Å²) in [5.41, 5.74) is 6.19. The third-order valence-electron chi connectivity index (χ3n) is 1.55. The first kappa shape index (κ1) is 11.1. The van der Waals surface area contributed by atoms with Crippen LogP contribution < -0.4 is 5.73 Å². The molecule has 1 aromatic heterocycles. The maximum atomic E-state index is 11.7. The Morgan fingerprint density at radius 2 is 2.14 bits per heavy atom. The van der Waals surface area contributed by atoms with Crippen molar-refractivity contribution >= 4 is 0 Å². The van der Waals surface area contributed by atoms with Gasteiger partial charge in [-0.2, -0.15) is 13.2 Å². The standard InChI is InChI=1S/C8H11F3N2O/c9-8(10,11)5-14-6-13-2-1-7(3-12)4-13/h1-2,4H,3,5-6,12H2. The van der Waals surface area contributed by atoms with Gasteiger partial charge in [-0.15, -0.1) is 0 Å². The molecule has 0 aromatic carbocycles. The summed E-state index contributed by atoms with van der Waals surface area (Å²) in [7, 11) is 0. The number of nitrogens with zero attached hydrogens (tertiary/aromatic N) is 1. The van der Waals surface area contributed by atoms with Crippen LogP contribution >= 0.6 is 0 Å². The van der Waals surface area contributed by atoms with E-state index in [0.29, 0.717) is 6.54 Å². The SMILES string of the molecule is NCc1ccn(COCC(F)(F)F)c1. The third kappa shape index (κ3) is 3.80. The van der Waals surface area contributed by atoms with E-state index in [1.54, 1.807) is 18.5 Å². The predicted octanol–water partition coefficient (Wildman–Crippen LogP) is 1.48. The van der Waals surface area contributed by atoms with E-state index in [1.807, 2.05) is 0 Å². The molecule has 0 aliphatic carbocycles. The topological polar surface area (TPSA) is 40.2 Å². The monoisotopic (exact) mass is 208 g/mol. The average Bonchev–Trinajstić information content (AvgIpc) is 2.50. The first-order valence-corrected chi connectivity index (χ1v) is 4.00. The summed E-state index contributed by atoms with van der Waals surface area (Å²) < 4.78 is 41.0. The lowest BCUT2D eigenvalue weighted by Gasteiger charge is -2.07. The largest absolute Gasteiger partial charge is 0.411 e. The summed E-state index contributed by atoms with van der Waals surface area (Å²) in [5, 5.41) is 0. The van der Waals surface area contributed by atoms with Gasteiger partial charge in [-0.3, -0.25) is 0 Å². The highest BCUT2D eigenvalue weighted by Crippen LogP contribution is 2.14. The Morgan fingerprint density at radius 3 is 2.64 bits per heavy atom. The molecule has 0 atom stereocenters. The molecule has 80 valence electrons. The average molecular weight is 208 g/mol. The van der Waals surface area contributed by atoms with E-state index in [9.17, 15) is 13.2 Å². The van der Waals surface area contributed by atoms with Gasteiger partial charge in [0, 0.05) is 18.9 Å². The first-order valence-electron chi connectivity index (χ1n) is 4.00. The van der Waals surface area contributed by atoms with Crippen LogP contribution in [0, 0.1) is 0 Å². The van der Waals surface area contributed by atoms with E-state index in [0.717, 1.165) is 5.56 Å². The van der Waals surface area contributed by atoms with Gasteiger partial charge in [0.2, 0.25) is 0 Å². The van der Waals surface area contributed by atoms with Crippen LogP contribution in [0.1, 0.15) is 5.56 Å². The number of halogens is 3. The minimum atomic E-state index is -4.27. The van der Waals surface area contributed by atoms with Crippen LogP contribution in [0.2, 0.25) is 0 Å². The highest BCUT2D eigenvalue weighted by molar-refractivity contribution is 5.08. The molecular formula is C8H11F3N2O. The van der Waals surface area contributed by atoms with Gasteiger partial charge in [0.15, 0.2) is 0 Å². The Hall–Kier alpha value is -1.01. The highest BCUT2D eigenvalue weighted by Gasteiger charge is 2.27. The van der Waals surface area contributed by atoms with Crippen molar-refractivity contribution in [3.8, 4) is 0 Å². The number of hydrogen-bond donors (Lipinski definition) is 1. The van der Waals surface area contributed by atoms with Gasteiger partial charge in [0.05, 0.1) is 0 Å². The Balaban J connectivity index is 2.31. The number of hydrogen-bond acceptors (Lipinski definition) is 2. The van der Waals surface area contributed by atoms with Gasteiger partial charge in [-0.1, -0.05) is 0 Å². The van der Waals surface area contributed by atoms with Crippen LogP contribution in [-0.2, 0) is 18.0 Å². The summed E-state index contributed by atoms with van der Waals surface area (Å²) in [5.74, 6) is 0. The van der Waals surface area contributed by atoms with Crippen LogP contribution in [-0.4, -0.2) is 17.4 Å². The quantitative estimate of drug-likeness (QED) is 0.814. The number of nitrogens with two attached hydrogens (primary N) is 1. The van der Waals surface area contributed by atoms with Crippen LogP contribution in [0.15, 0.2) is 18.5 Å². The van der Waals surface area contributed by atoms with Crippen molar-refractivity contribution in [1.82, 2.24) is 4.57 Å². The summed E-state index contributed by atoms with van der Waals surface area (Å²) in [6, 6.07) is 1.73. The van der Waals surface area contributed by atoms with Crippen molar-refractivity contribution in [2.75, 3.05) is 6.61 Å². The van der Waals surface area contributed by atoms with E-state index in [2.05, 4.69) is 4.74 Å². The molecule has 0 spiro atoms. The summed E-state index contributed by atoms with van der Waals surface area (Å²) in [4.78, 5) is 0. The predicted molar refractivity (Wildman–Crippen MR) is 44.3 cm³/mol. The second-order valence-electron chi connectivity index (χ2n) is 2.83. The second kappa shape index (κ2) is 4.47. The van der Waals surface area contributed by atoms with E-state index in [4.69, 9.17) is 5.73 Å². The van der Waals surface area contributed by atoms with Crippen LogP contribution in [0.25, 0.3) is 0 Å². The van der Waals surface area contributed by atoms with Crippen LogP contribution in [0.4, 0.5) is 13.2 Å². The minimum absolute atomic E-state index is 0.112. The summed E-state index contributed by atoms with van der Waals surface area (Å²) in [6.07, 6.45) is -1.00. The van der Waals surface area contributed by atoms with Crippen molar-refractivity contribution in [3.63, 3.8) is 0 Å². The molecule has 0 aliphatic rings. The Kier molecular flexibility index (Phi) is 3.54. The first-order chi connectivity index (χ1) is 6.51. The van der Waals surface area contributed by atoms with E-state index in [-0.39, 0.29) is 6.73 Å². The van der Waals surface area contributed by atoms with Crippen molar-refractivity contribution in [2.45, 2.75) is 19.5 Å². The van der Waals surface area contributed by atoms with Gasteiger partial charge >= 0.3 is 6.18 Å². The van der Waals surface area contributed by atoms with Crippen molar-refractivity contribution in [3.05, 3.63) is 24.0 Å². The number of alkyl halides is 3. The Morgan fingerprint density at radius 1 is 1.43 bits per heavy atom. The molecule has 2 N–H and O–H groups in total. The second-order valence-corrected chi connectivity index (χ2v) is 2.83. The molecule has 3 nitrogen and oxygen atoms in total. The molecule has 0 fully saturated rings. The number of rotatable bonds is 4. The van der Waals surface area contributed by atoms with Gasteiger partial charge in [0.25, 0.3) is 0 Å². The molecule has 1 rings (SSSR count). The van der Waals surface area contributed by atoms with E-state index < -0.39 is 12.8 Å². The number of ether oxygens (including phenoxy) is 1. The van der Waals surface area contributed by atoms with Crippen molar-refractivity contribution in [2.24, 2.45) is 5.73 Å². The molecule has 6 heteroatoms. The fourth-order valence-corrected chi connectivity index (χ4v) is 0.958. The third-order valence-corrected chi connectivity index (χ3v) is 1.55. The summed E-state index contributed by atoms with van der Waals surface area (Å²) >= 11 is 0. The van der Waals surface area contributed by atoms with Crippen molar-refractivity contribution < 1.29 is 17.9 Å². The zero-order valence-corrected chi connectivity index (χ0v) is 7.42. The van der Waals surface area contributed by atoms with Gasteiger partial charge in [0.1, 0.15) is 13.3 Å². The van der Waals surface area contributed by atoms with Crippen LogP contribution in [0.3, 0.4) is 0 Å². The maximum absolute atomic E-state index is 11.7. The fraction of sp³-hybridized carbons (Fsp3) is 0.500. The summed E-state index contributed by atoms with van der Waals surface area (Å²) in [6.45, 7) is -0.977. The molecule has 0 saturated carbocycles. The lowest BCUT2D eigenvalue weighted by molar-refractivity contribution is -0.181. The number of aromatic nitrogens is 1. The van der Waals surface area contributed by atoms with E-state index >= 15 is 0 Å². The normalized spacial score (nSPS) is 12.0. The lowest BCUT2D eigenvalue weighted by atomic mass is 10.4. The fourth-order valence-electron chi connectivity index (χ4n) is 0.958. The Bertz CT molecular complexity index is 282. The minimum Gasteiger partial charge on any atom is -0.351 e. The van der Waals surface area contributed by atoms with Gasteiger partial charge in [-0.25, -0.2) is 0 Å².